The molecule has 2 aromatic rings. The first-order valence-corrected chi connectivity index (χ1v) is 8.34. The van der Waals surface area contributed by atoms with Crippen LogP contribution >= 0.6 is 34.5 Å². The SMILES string of the molecule is Cc1nc(C(C)NC(=O)C(C)Oc2ccc(Cl)cc2Cl)cs1. The third-order valence-corrected chi connectivity index (χ3v) is 4.33. The number of aromatic nitrogens is 1. The van der Waals surface area contributed by atoms with Gasteiger partial charge in [0.2, 0.25) is 0 Å². The number of aryl methyl sites for hydroxylation is 1. The molecule has 2 atom stereocenters. The van der Waals surface area contributed by atoms with Crippen molar-refractivity contribution < 1.29 is 9.53 Å². The number of nitrogens with zero attached hydrogens (tertiary/aromatic N) is 1. The van der Waals surface area contributed by atoms with Crippen molar-refractivity contribution in [3.8, 4) is 5.75 Å². The zero-order valence-electron chi connectivity index (χ0n) is 12.4. The van der Waals surface area contributed by atoms with E-state index in [0.717, 1.165) is 10.7 Å². The van der Waals surface area contributed by atoms with Crippen LogP contribution in [0.2, 0.25) is 10.0 Å². The monoisotopic (exact) mass is 358 g/mol. The van der Waals surface area contributed by atoms with E-state index in [4.69, 9.17) is 27.9 Å². The van der Waals surface area contributed by atoms with Crippen molar-refractivity contribution in [3.63, 3.8) is 0 Å². The largest absolute Gasteiger partial charge is 0.479 e. The summed E-state index contributed by atoms with van der Waals surface area (Å²) in [5.41, 5.74) is 0.840. The zero-order valence-corrected chi connectivity index (χ0v) is 14.7. The molecular formula is C15H16Cl2N2O2S. The van der Waals surface area contributed by atoms with Gasteiger partial charge in [-0.1, -0.05) is 23.2 Å². The van der Waals surface area contributed by atoms with E-state index in [0.29, 0.717) is 15.8 Å². The van der Waals surface area contributed by atoms with Gasteiger partial charge in [-0.2, -0.15) is 0 Å². The topological polar surface area (TPSA) is 51.2 Å². The minimum Gasteiger partial charge on any atom is -0.479 e. The fourth-order valence-corrected chi connectivity index (χ4v) is 2.96. The molecule has 1 N–H and O–H groups in total. The van der Waals surface area contributed by atoms with Crippen LogP contribution in [0.25, 0.3) is 0 Å². The van der Waals surface area contributed by atoms with E-state index < -0.39 is 6.10 Å². The summed E-state index contributed by atoms with van der Waals surface area (Å²) < 4.78 is 5.58. The summed E-state index contributed by atoms with van der Waals surface area (Å²) in [4.78, 5) is 16.5. The summed E-state index contributed by atoms with van der Waals surface area (Å²) in [7, 11) is 0. The average Bonchev–Trinajstić information content (AvgIpc) is 2.88. The number of rotatable bonds is 5. The number of carbonyl (C=O) groups excluding carboxylic acids is 1. The second-order valence-electron chi connectivity index (χ2n) is 4.86. The highest BCUT2D eigenvalue weighted by Crippen LogP contribution is 2.28. The predicted molar refractivity (Wildman–Crippen MR) is 90.0 cm³/mol. The molecular weight excluding hydrogens is 343 g/mol. The number of hydrogen-bond donors (Lipinski definition) is 1. The number of benzene rings is 1. The molecule has 0 fully saturated rings. The van der Waals surface area contributed by atoms with E-state index in [9.17, 15) is 4.79 Å². The van der Waals surface area contributed by atoms with Gasteiger partial charge in [-0.15, -0.1) is 11.3 Å². The molecule has 0 saturated heterocycles. The van der Waals surface area contributed by atoms with Crippen LogP contribution in [0.5, 0.6) is 5.75 Å². The Morgan fingerprint density at radius 1 is 1.36 bits per heavy atom. The molecule has 0 aliphatic rings. The van der Waals surface area contributed by atoms with E-state index >= 15 is 0 Å². The number of carbonyl (C=O) groups is 1. The van der Waals surface area contributed by atoms with Gasteiger partial charge in [0.15, 0.2) is 6.10 Å². The van der Waals surface area contributed by atoms with Crippen LogP contribution in [0.15, 0.2) is 23.6 Å². The smallest absolute Gasteiger partial charge is 0.261 e. The lowest BCUT2D eigenvalue weighted by molar-refractivity contribution is -0.127. The van der Waals surface area contributed by atoms with Crippen LogP contribution in [0, 0.1) is 6.92 Å². The Bertz CT molecular complexity index is 675. The normalized spacial score (nSPS) is 13.5. The van der Waals surface area contributed by atoms with Crippen LogP contribution in [0.4, 0.5) is 0 Å². The Labute approximate surface area is 143 Å². The number of thiazole rings is 1. The van der Waals surface area contributed by atoms with Crippen molar-refractivity contribution in [3.05, 3.63) is 44.3 Å². The van der Waals surface area contributed by atoms with Gasteiger partial charge in [-0.05, 0) is 39.0 Å². The van der Waals surface area contributed by atoms with Gasteiger partial charge in [-0.25, -0.2) is 4.98 Å². The van der Waals surface area contributed by atoms with Crippen LogP contribution in [0.3, 0.4) is 0 Å². The lowest BCUT2D eigenvalue weighted by Gasteiger charge is -2.18. The first-order chi connectivity index (χ1) is 10.4. The van der Waals surface area contributed by atoms with Crippen molar-refractivity contribution in [1.82, 2.24) is 10.3 Å². The molecule has 1 aromatic heterocycles. The fraction of sp³-hybridized carbons (Fsp3) is 0.333. The minimum atomic E-state index is -0.680. The molecule has 2 unspecified atom stereocenters. The van der Waals surface area contributed by atoms with Gasteiger partial charge < -0.3 is 10.1 Å². The molecule has 0 radical (unpaired) electrons. The Morgan fingerprint density at radius 2 is 2.09 bits per heavy atom. The Morgan fingerprint density at radius 3 is 2.68 bits per heavy atom. The molecule has 22 heavy (non-hydrogen) atoms. The third kappa shape index (κ3) is 4.35. The number of ether oxygens (including phenoxy) is 1. The van der Waals surface area contributed by atoms with Gasteiger partial charge in [0.1, 0.15) is 5.75 Å². The Kier molecular flexibility index (Phi) is 5.67. The highest BCUT2D eigenvalue weighted by molar-refractivity contribution is 7.09. The van der Waals surface area contributed by atoms with Crippen molar-refractivity contribution in [2.45, 2.75) is 32.9 Å². The van der Waals surface area contributed by atoms with Crippen molar-refractivity contribution in [2.24, 2.45) is 0 Å². The van der Waals surface area contributed by atoms with Crippen molar-refractivity contribution in [2.75, 3.05) is 0 Å². The molecule has 0 aliphatic heterocycles. The average molecular weight is 359 g/mol. The molecule has 118 valence electrons. The van der Waals surface area contributed by atoms with Crippen molar-refractivity contribution in [1.29, 1.82) is 0 Å². The molecule has 0 bridgehead atoms. The molecule has 1 heterocycles. The van der Waals surface area contributed by atoms with Gasteiger partial charge in [-0.3, -0.25) is 4.79 Å². The minimum absolute atomic E-state index is 0.177. The summed E-state index contributed by atoms with van der Waals surface area (Å²) in [5, 5.41) is 6.66. The number of halogens is 2. The Hall–Kier alpha value is -1.30. The Balaban J connectivity index is 1.97. The van der Waals surface area contributed by atoms with Crippen LogP contribution in [0.1, 0.15) is 30.6 Å². The highest BCUT2D eigenvalue weighted by atomic mass is 35.5. The first-order valence-electron chi connectivity index (χ1n) is 6.71. The zero-order chi connectivity index (χ0) is 16.3. The van der Waals surface area contributed by atoms with E-state index in [2.05, 4.69) is 10.3 Å². The predicted octanol–water partition coefficient (Wildman–Crippen LogP) is 4.40. The lowest BCUT2D eigenvalue weighted by atomic mass is 10.2. The van der Waals surface area contributed by atoms with E-state index in [1.54, 1.807) is 36.5 Å². The summed E-state index contributed by atoms with van der Waals surface area (Å²) >= 11 is 13.4. The molecule has 4 nitrogen and oxygen atoms in total. The van der Waals surface area contributed by atoms with Crippen LogP contribution in [-0.2, 0) is 4.79 Å². The maximum atomic E-state index is 12.2. The summed E-state index contributed by atoms with van der Waals surface area (Å²) in [5.74, 6) is 0.190. The van der Waals surface area contributed by atoms with Crippen LogP contribution < -0.4 is 10.1 Å². The van der Waals surface area contributed by atoms with Gasteiger partial charge >= 0.3 is 0 Å². The van der Waals surface area contributed by atoms with E-state index in [1.807, 2.05) is 19.2 Å². The first kappa shape index (κ1) is 17.1. The molecule has 2 rings (SSSR count). The quantitative estimate of drug-likeness (QED) is 0.861. The van der Waals surface area contributed by atoms with E-state index in [-0.39, 0.29) is 11.9 Å². The second-order valence-corrected chi connectivity index (χ2v) is 6.76. The molecule has 7 heteroatoms. The second kappa shape index (κ2) is 7.31. The number of amides is 1. The van der Waals surface area contributed by atoms with Gasteiger partial charge in [0.05, 0.1) is 21.8 Å². The summed E-state index contributed by atoms with van der Waals surface area (Å²) in [6.07, 6.45) is -0.680. The maximum Gasteiger partial charge on any atom is 0.261 e. The molecule has 1 amide bonds. The number of hydrogen-bond acceptors (Lipinski definition) is 4. The summed E-state index contributed by atoms with van der Waals surface area (Å²) in [6, 6.07) is 4.70. The molecule has 1 aromatic carbocycles. The fourth-order valence-electron chi connectivity index (χ4n) is 1.80. The molecule has 0 saturated carbocycles. The molecule has 0 aliphatic carbocycles. The third-order valence-electron chi connectivity index (χ3n) is 3.01. The highest BCUT2D eigenvalue weighted by Gasteiger charge is 2.19. The lowest BCUT2D eigenvalue weighted by Crippen LogP contribution is -2.37. The van der Waals surface area contributed by atoms with E-state index in [1.165, 1.54) is 0 Å². The van der Waals surface area contributed by atoms with Gasteiger partial charge in [0.25, 0.3) is 5.91 Å². The number of nitrogens with one attached hydrogen (secondary N) is 1. The van der Waals surface area contributed by atoms with Crippen molar-refractivity contribution >= 4 is 40.4 Å². The van der Waals surface area contributed by atoms with Gasteiger partial charge in [0, 0.05) is 10.4 Å². The maximum absolute atomic E-state index is 12.2. The standard InChI is InChI=1S/C15H16Cl2N2O2S/c1-8(13-7-22-10(3)19-13)18-15(20)9(2)21-14-5-4-11(16)6-12(14)17/h4-9H,1-3H3,(H,18,20). The van der Waals surface area contributed by atoms with Crippen LogP contribution in [-0.4, -0.2) is 17.0 Å². The summed E-state index contributed by atoms with van der Waals surface area (Å²) in [6.45, 7) is 5.48. The molecule has 0 spiro atoms.